The van der Waals surface area contributed by atoms with Crippen molar-refractivity contribution in [1.82, 2.24) is 9.80 Å². The summed E-state index contributed by atoms with van der Waals surface area (Å²) in [6, 6.07) is 22.6. The number of carbonyl (C=O) groups excluding carboxylic acids is 2. The second-order valence-electron chi connectivity index (χ2n) is 9.16. The van der Waals surface area contributed by atoms with Crippen molar-refractivity contribution >= 4 is 17.4 Å². The number of hydrogen-bond acceptors (Lipinski definition) is 7. The van der Waals surface area contributed by atoms with Gasteiger partial charge in [-0.25, -0.2) is 0 Å². The van der Waals surface area contributed by atoms with Crippen molar-refractivity contribution in [3.8, 4) is 17.2 Å². The number of rotatable bonds is 8. The largest absolute Gasteiger partial charge is 0.507 e. The number of methoxy groups -OCH3 is 1. The molecule has 0 unspecified atom stereocenters. The van der Waals surface area contributed by atoms with E-state index in [-0.39, 0.29) is 11.3 Å². The smallest absolute Gasteiger partial charge is 0.295 e. The minimum atomic E-state index is -0.766. The molecule has 1 N–H and O–H groups in total. The Bertz CT molecular complexity index is 1320. The third-order valence-electron chi connectivity index (χ3n) is 6.82. The van der Waals surface area contributed by atoms with E-state index in [0.29, 0.717) is 54.7 Å². The van der Waals surface area contributed by atoms with Gasteiger partial charge < -0.3 is 24.2 Å². The van der Waals surface area contributed by atoms with Crippen molar-refractivity contribution in [2.24, 2.45) is 0 Å². The van der Waals surface area contributed by atoms with Crippen LogP contribution in [-0.2, 0) is 14.3 Å². The maximum absolute atomic E-state index is 13.4. The number of ether oxygens (including phenoxy) is 3. The second kappa shape index (κ2) is 11.5. The van der Waals surface area contributed by atoms with E-state index in [1.807, 2.05) is 54.6 Å². The lowest BCUT2D eigenvalue weighted by molar-refractivity contribution is -0.140. The summed E-state index contributed by atoms with van der Waals surface area (Å²) in [4.78, 5) is 30.4. The number of aliphatic hydroxyl groups is 1. The summed E-state index contributed by atoms with van der Waals surface area (Å²) in [7, 11) is 1.55. The fourth-order valence-corrected chi connectivity index (χ4v) is 4.81. The summed E-state index contributed by atoms with van der Waals surface area (Å²) >= 11 is 0. The molecule has 8 heteroatoms. The molecule has 3 aromatic carbocycles. The van der Waals surface area contributed by atoms with Gasteiger partial charge in [0.15, 0.2) is 0 Å². The summed E-state index contributed by atoms with van der Waals surface area (Å²) in [6.45, 7) is 3.73. The van der Waals surface area contributed by atoms with Gasteiger partial charge in [-0.2, -0.15) is 0 Å². The Morgan fingerprint density at radius 1 is 0.895 bits per heavy atom. The predicted molar refractivity (Wildman–Crippen MR) is 142 cm³/mol. The maximum Gasteiger partial charge on any atom is 0.295 e. The highest BCUT2D eigenvalue weighted by atomic mass is 16.5. The van der Waals surface area contributed by atoms with E-state index in [2.05, 4.69) is 4.90 Å². The van der Waals surface area contributed by atoms with Gasteiger partial charge in [-0.1, -0.05) is 30.3 Å². The molecule has 5 rings (SSSR count). The SMILES string of the molecule is COc1ccc(/C(O)=C2\C(=O)C(=O)N(CCN3CCOCC3)[C@@H]2c2cccc(Oc3ccccc3)c2)cc1. The average molecular weight is 515 g/mol. The number of hydrogen-bond donors (Lipinski definition) is 1. The number of benzene rings is 3. The van der Waals surface area contributed by atoms with Gasteiger partial charge >= 0.3 is 0 Å². The second-order valence-corrected chi connectivity index (χ2v) is 9.16. The summed E-state index contributed by atoms with van der Waals surface area (Å²) in [5.41, 5.74) is 1.16. The predicted octanol–water partition coefficient (Wildman–Crippen LogP) is 4.24. The van der Waals surface area contributed by atoms with Crippen molar-refractivity contribution in [2.75, 3.05) is 46.5 Å². The summed E-state index contributed by atoms with van der Waals surface area (Å²) < 4.78 is 16.7. The van der Waals surface area contributed by atoms with Crippen molar-refractivity contribution in [2.45, 2.75) is 6.04 Å². The van der Waals surface area contributed by atoms with E-state index >= 15 is 0 Å². The van der Waals surface area contributed by atoms with Crippen LogP contribution < -0.4 is 9.47 Å². The number of carbonyl (C=O) groups is 2. The van der Waals surface area contributed by atoms with Crippen LogP contribution in [0.15, 0.2) is 84.4 Å². The molecule has 0 saturated carbocycles. The number of aliphatic hydroxyl groups excluding tert-OH is 1. The molecule has 38 heavy (non-hydrogen) atoms. The van der Waals surface area contributed by atoms with Gasteiger partial charge in [0.1, 0.15) is 23.0 Å². The number of morpholine rings is 1. The van der Waals surface area contributed by atoms with E-state index in [4.69, 9.17) is 14.2 Å². The molecule has 196 valence electrons. The van der Waals surface area contributed by atoms with Crippen LogP contribution >= 0.6 is 0 Å². The molecule has 8 nitrogen and oxygen atoms in total. The molecular weight excluding hydrogens is 484 g/mol. The lowest BCUT2D eigenvalue weighted by Gasteiger charge is -2.31. The summed E-state index contributed by atoms with van der Waals surface area (Å²) in [5, 5.41) is 11.3. The van der Waals surface area contributed by atoms with Crippen LogP contribution in [0.2, 0.25) is 0 Å². The van der Waals surface area contributed by atoms with E-state index in [1.165, 1.54) is 0 Å². The highest BCUT2D eigenvalue weighted by molar-refractivity contribution is 6.46. The van der Waals surface area contributed by atoms with Gasteiger partial charge in [-0.05, 0) is 54.1 Å². The number of ketones is 1. The first-order chi connectivity index (χ1) is 18.5. The Labute approximate surface area is 221 Å². The van der Waals surface area contributed by atoms with Crippen molar-refractivity contribution in [1.29, 1.82) is 0 Å². The van der Waals surface area contributed by atoms with Crippen molar-refractivity contribution < 1.29 is 28.9 Å². The van der Waals surface area contributed by atoms with Crippen molar-refractivity contribution in [3.05, 3.63) is 95.6 Å². The van der Waals surface area contributed by atoms with Crippen LogP contribution in [0, 0.1) is 0 Å². The number of para-hydroxylation sites is 1. The van der Waals surface area contributed by atoms with E-state index in [0.717, 1.165) is 13.1 Å². The highest BCUT2D eigenvalue weighted by Crippen LogP contribution is 2.40. The molecule has 0 aromatic heterocycles. The van der Waals surface area contributed by atoms with Crippen LogP contribution in [0.25, 0.3) is 5.76 Å². The first-order valence-electron chi connectivity index (χ1n) is 12.6. The zero-order chi connectivity index (χ0) is 26.5. The molecule has 1 atom stereocenters. The van der Waals surface area contributed by atoms with Crippen LogP contribution in [0.4, 0.5) is 0 Å². The van der Waals surface area contributed by atoms with Crippen LogP contribution in [0.3, 0.4) is 0 Å². The monoisotopic (exact) mass is 514 g/mol. The molecule has 0 aliphatic carbocycles. The van der Waals surface area contributed by atoms with Gasteiger partial charge in [0.05, 0.1) is 31.9 Å². The van der Waals surface area contributed by atoms with E-state index in [9.17, 15) is 14.7 Å². The minimum Gasteiger partial charge on any atom is -0.507 e. The quantitative estimate of drug-likeness (QED) is 0.273. The first-order valence-corrected chi connectivity index (χ1v) is 12.6. The molecule has 3 aromatic rings. The minimum absolute atomic E-state index is 0.0546. The molecule has 2 saturated heterocycles. The van der Waals surface area contributed by atoms with Crippen molar-refractivity contribution in [3.63, 3.8) is 0 Å². The first kappa shape index (κ1) is 25.5. The topological polar surface area (TPSA) is 88.5 Å². The zero-order valence-corrected chi connectivity index (χ0v) is 21.2. The Morgan fingerprint density at radius 2 is 1.61 bits per heavy atom. The Balaban J connectivity index is 1.53. The molecule has 0 radical (unpaired) electrons. The number of likely N-dealkylation sites (tertiary alicyclic amines) is 1. The Hall–Kier alpha value is -4.14. The third-order valence-corrected chi connectivity index (χ3v) is 6.82. The third kappa shape index (κ3) is 5.41. The normalized spacial score (nSPS) is 19.5. The highest BCUT2D eigenvalue weighted by Gasteiger charge is 2.46. The van der Waals surface area contributed by atoms with Crippen LogP contribution in [0.1, 0.15) is 17.2 Å². The van der Waals surface area contributed by atoms with Crippen LogP contribution in [0.5, 0.6) is 17.2 Å². The number of Topliss-reactive ketones (excluding diaryl/α,β-unsaturated/α-hetero) is 1. The van der Waals surface area contributed by atoms with Gasteiger partial charge in [0.25, 0.3) is 11.7 Å². The molecule has 0 spiro atoms. The number of amides is 1. The lowest BCUT2D eigenvalue weighted by Crippen LogP contribution is -2.42. The van der Waals surface area contributed by atoms with Gasteiger partial charge in [0, 0.05) is 31.7 Å². The van der Waals surface area contributed by atoms with E-state index < -0.39 is 17.7 Å². The molecular formula is C30H30N2O6. The Morgan fingerprint density at radius 3 is 2.32 bits per heavy atom. The zero-order valence-electron chi connectivity index (χ0n) is 21.2. The molecule has 0 bridgehead atoms. The summed E-state index contributed by atoms with van der Waals surface area (Å²) in [5.74, 6) is 0.294. The Kier molecular flexibility index (Phi) is 7.72. The van der Waals surface area contributed by atoms with Gasteiger partial charge in [0.2, 0.25) is 0 Å². The maximum atomic E-state index is 13.4. The van der Waals surface area contributed by atoms with Gasteiger partial charge in [-0.15, -0.1) is 0 Å². The van der Waals surface area contributed by atoms with Gasteiger partial charge in [-0.3, -0.25) is 14.5 Å². The molecule has 2 fully saturated rings. The fraction of sp³-hybridized carbons (Fsp3) is 0.267. The fourth-order valence-electron chi connectivity index (χ4n) is 4.81. The number of nitrogens with zero attached hydrogens (tertiary/aromatic N) is 2. The molecule has 2 aliphatic rings. The summed E-state index contributed by atoms with van der Waals surface area (Å²) in [6.07, 6.45) is 0. The molecule has 1 amide bonds. The van der Waals surface area contributed by atoms with E-state index in [1.54, 1.807) is 36.3 Å². The molecule has 2 heterocycles. The molecule has 2 aliphatic heterocycles. The van der Waals surface area contributed by atoms with Crippen LogP contribution in [-0.4, -0.2) is 73.1 Å². The lowest BCUT2D eigenvalue weighted by atomic mass is 9.95. The standard InChI is InChI=1S/C30H30N2O6/c1-36-23-12-10-21(11-13-23)28(33)26-27(22-6-5-9-25(20-22)38-24-7-3-2-4-8-24)32(30(35)29(26)34)15-14-31-16-18-37-19-17-31/h2-13,20,27,33H,14-19H2,1H3/b28-26+/t27-/m1/s1. The average Bonchev–Trinajstić information content (AvgIpc) is 3.22.